The van der Waals surface area contributed by atoms with E-state index in [4.69, 9.17) is 18.9 Å². The van der Waals surface area contributed by atoms with Crippen LogP contribution in [0.1, 0.15) is 348 Å². The third-order valence-electron chi connectivity index (χ3n) is 16.3. The Morgan fingerprint density at radius 1 is 0.365 bits per heavy atom. The van der Waals surface area contributed by atoms with Crippen molar-refractivity contribution in [1.29, 1.82) is 0 Å². The highest BCUT2D eigenvalue weighted by Crippen LogP contribution is 2.19. The molecule has 0 aliphatic carbocycles. The highest BCUT2D eigenvalue weighted by atomic mass is 16.7. The lowest BCUT2D eigenvalue weighted by Crippen LogP contribution is -2.44. The molecule has 0 saturated carbocycles. The lowest BCUT2D eigenvalue weighted by atomic mass is 10.0. The second-order valence-corrected chi connectivity index (χ2v) is 25.9. The van der Waals surface area contributed by atoms with Crippen LogP contribution in [0.25, 0.3) is 0 Å². The Labute approximate surface area is 526 Å². The van der Waals surface area contributed by atoms with Gasteiger partial charge in [-0.1, -0.05) is 338 Å². The number of carboxylic acids is 1. The molecule has 0 aromatic rings. The molecular formula is C76H139NO8. The number of unbranched alkanes of at least 4 members (excludes halogenated alkanes) is 43. The van der Waals surface area contributed by atoms with Crippen molar-refractivity contribution in [1.82, 2.24) is 0 Å². The summed E-state index contributed by atoms with van der Waals surface area (Å²) < 4.78 is 22.8. The average molecular weight is 1190 g/mol. The molecule has 0 fully saturated rings. The summed E-state index contributed by atoms with van der Waals surface area (Å²) in [4.78, 5) is 37.5. The van der Waals surface area contributed by atoms with Crippen molar-refractivity contribution >= 4 is 17.9 Å². The molecule has 0 spiro atoms. The second kappa shape index (κ2) is 66.9. The molecule has 0 aliphatic rings. The summed E-state index contributed by atoms with van der Waals surface area (Å²) in [5, 5.41) is 11.8. The van der Waals surface area contributed by atoms with E-state index in [-0.39, 0.29) is 32.2 Å². The number of ether oxygens (including phenoxy) is 4. The number of carbonyl (C=O) groups excluding carboxylic acids is 3. The molecule has 0 aromatic carbocycles. The molecule has 0 aliphatic heterocycles. The Kier molecular flexibility index (Phi) is 64.6. The van der Waals surface area contributed by atoms with E-state index in [1.165, 1.54) is 250 Å². The summed E-state index contributed by atoms with van der Waals surface area (Å²) >= 11 is 0. The van der Waals surface area contributed by atoms with Gasteiger partial charge in [-0.2, -0.15) is 0 Å². The number of carboxylic acid groups (broad SMARTS) is 1. The van der Waals surface area contributed by atoms with Gasteiger partial charge in [0.1, 0.15) is 13.2 Å². The number of hydrogen-bond donors (Lipinski definition) is 0. The SMILES string of the molecule is CC/C=C\C/C=C\C/C=C\C/C=C\C/C=C\CCCCCCCCCCCCCCCCCC(=O)OC(COC(=O)CCCCCCCCCCCCCCCCCCCCCCCCCCCCCCC)COC(OCC[N+](C)(C)C)C(=O)[O-]. The molecular weight excluding hydrogens is 1050 g/mol. The van der Waals surface area contributed by atoms with Gasteiger partial charge in [-0.15, -0.1) is 0 Å². The van der Waals surface area contributed by atoms with Gasteiger partial charge < -0.3 is 33.3 Å². The fourth-order valence-electron chi connectivity index (χ4n) is 10.7. The molecule has 0 rings (SSSR count). The molecule has 0 saturated heterocycles. The average Bonchev–Trinajstić information content (AvgIpc) is 3.49. The van der Waals surface area contributed by atoms with Crippen LogP contribution in [0.4, 0.5) is 0 Å². The first kappa shape index (κ1) is 82.0. The first-order valence-electron chi connectivity index (χ1n) is 36.4. The van der Waals surface area contributed by atoms with Gasteiger partial charge in [-0.05, 0) is 57.8 Å². The molecule has 2 atom stereocenters. The third-order valence-corrected chi connectivity index (χ3v) is 16.3. The summed E-state index contributed by atoms with van der Waals surface area (Å²) in [6.07, 6.45) is 84.6. The van der Waals surface area contributed by atoms with E-state index < -0.39 is 24.3 Å². The number of rotatable bonds is 68. The quantitative estimate of drug-likeness (QED) is 0.0195. The van der Waals surface area contributed by atoms with Gasteiger partial charge in [0.15, 0.2) is 12.4 Å². The fraction of sp³-hybridized carbons (Fsp3) is 0.829. The summed E-state index contributed by atoms with van der Waals surface area (Å²) in [7, 11) is 5.94. The number of aliphatic carboxylic acids is 1. The van der Waals surface area contributed by atoms with Crippen molar-refractivity contribution in [3.8, 4) is 0 Å². The van der Waals surface area contributed by atoms with Gasteiger partial charge in [0.25, 0.3) is 0 Å². The van der Waals surface area contributed by atoms with E-state index in [9.17, 15) is 19.5 Å². The first-order valence-corrected chi connectivity index (χ1v) is 36.4. The number of allylic oxidation sites excluding steroid dienone is 10. The van der Waals surface area contributed by atoms with E-state index in [1.54, 1.807) is 0 Å². The Balaban J connectivity index is 4.06. The second-order valence-electron chi connectivity index (χ2n) is 25.9. The maximum absolute atomic E-state index is 12.9. The molecule has 9 nitrogen and oxygen atoms in total. The number of likely N-dealkylation sites (N-methyl/N-ethyl adjacent to an activating group) is 1. The minimum absolute atomic E-state index is 0.149. The Bertz CT molecular complexity index is 1580. The van der Waals surface area contributed by atoms with Crippen LogP contribution in [-0.4, -0.2) is 82.3 Å². The number of quaternary nitrogens is 1. The van der Waals surface area contributed by atoms with E-state index in [0.29, 0.717) is 23.9 Å². The summed E-state index contributed by atoms with van der Waals surface area (Å²) in [6.45, 7) is 4.70. The van der Waals surface area contributed by atoms with Crippen LogP contribution in [0.5, 0.6) is 0 Å². The van der Waals surface area contributed by atoms with E-state index in [0.717, 1.165) is 64.2 Å². The lowest BCUT2D eigenvalue weighted by Gasteiger charge is -2.26. The van der Waals surface area contributed by atoms with E-state index in [1.807, 2.05) is 21.1 Å². The Morgan fingerprint density at radius 3 is 1.00 bits per heavy atom. The standard InChI is InChI=1S/C76H139NO8/c1-6-8-10-12-14-16-18-20-22-24-26-28-30-32-34-36-37-39-41-43-45-47-49-51-53-55-57-59-61-63-65-67-74(79)85-72(71-84-76(75(80)81)82-69-68-77(3,4)5)70-83-73(78)66-64-62-60-58-56-54-52-50-48-46-44-42-40-38-35-33-31-29-27-25-23-21-19-17-15-13-11-9-7-2/h8,10,14,16,20,22,26,28,32,34,72,76H,6-7,9,11-13,15,17-19,21,23-25,27,29-31,33,35-71H2,1-5H3/b10-8-,16-14-,22-20-,28-26-,34-32-. The van der Waals surface area contributed by atoms with Crippen LogP contribution in [-0.2, 0) is 33.3 Å². The first-order chi connectivity index (χ1) is 41.6. The topological polar surface area (TPSA) is 111 Å². The van der Waals surface area contributed by atoms with Crippen LogP contribution >= 0.6 is 0 Å². The van der Waals surface area contributed by atoms with Crippen molar-refractivity contribution in [2.24, 2.45) is 0 Å². The molecule has 0 aromatic heterocycles. The minimum Gasteiger partial charge on any atom is -0.545 e. The summed E-state index contributed by atoms with van der Waals surface area (Å²) in [5.74, 6) is -2.26. The van der Waals surface area contributed by atoms with Crippen LogP contribution in [0.3, 0.4) is 0 Å². The van der Waals surface area contributed by atoms with Crippen molar-refractivity contribution in [3.05, 3.63) is 60.8 Å². The van der Waals surface area contributed by atoms with Gasteiger partial charge in [0.05, 0.1) is 40.3 Å². The molecule has 0 N–H and O–H groups in total. The maximum Gasteiger partial charge on any atom is 0.306 e. The number of nitrogens with zero attached hydrogens (tertiary/aromatic N) is 1. The van der Waals surface area contributed by atoms with Crippen molar-refractivity contribution in [2.75, 3.05) is 47.5 Å². The van der Waals surface area contributed by atoms with Gasteiger partial charge in [0.2, 0.25) is 0 Å². The van der Waals surface area contributed by atoms with Crippen LogP contribution < -0.4 is 5.11 Å². The van der Waals surface area contributed by atoms with Crippen LogP contribution in [0.2, 0.25) is 0 Å². The monoisotopic (exact) mass is 1190 g/mol. The summed E-state index contributed by atoms with van der Waals surface area (Å²) in [6, 6.07) is 0. The van der Waals surface area contributed by atoms with Crippen LogP contribution in [0, 0.1) is 0 Å². The van der Waals surface area contributed by atoms with Gasteiger partial charge >= 0.3 is 11.9 Å². The summed E-state index contributed by atoms with van der Waals surface area (Å²) in [5.41, 5.74) is 0. The number of hydrogen-bond acceptors (Lipinski definition) is 8. The van der Waals surface area contributed by atoms with Gasteiger partial charge in [-0.25, -0.2) is 0 Å². The Hall–Kier alpha value is -3.01. The largest absolute Gasteiger partial charge is 0.545 e. The van der Waals surface area contributed by atoms with Gasteiger partial charge in [-0.3, -0.25) is 9.59 Å². The Morgan fingerprint density at radius 2 is 0.671 bits per heavy atom. The highest BCUT2D eigenvalue weighted by Gasteiger charge is 2.22. The molecule has 85 heavy (non-hydrogen) atoms. The molecule has 0 heterocycles. The normalized spacial score (nSPS) is 13.0. The predicted octanol–water partition coefficient (Wildman–Crippen LogP) is 21.4. The molecule has 9 heteroatoms. The zero-order chi connectivity index (χ0) is 61.9. The highest BCUT2D eigenvalue weighted by molar-refractivity contribution is 5.70. The van der Waals surface area contributed by atoms with Crippen molar-refractivity contribution < 1.29 is 42.9 Å². The predicted molar refractivity (Wildman–Crippen MR) is 362 cm³/mol. The number of carbonyl (C=O) groups is 3. The van der Waals surface area contributed by atoms with Crippen molar-refractivity contribution in [2.45, 2.75) is 360 Å². The zero-order valence-electron chi connectivity index (χ0n) is 56.7. The molecule has 2 unspecified atom stereocenters. The molecule has 0 amide bonds. The number of esters is 2. The van der Waals surface area contributed by atoms with Crippen molar-refractivity contribution in [3.63, 3.8) is 0 Å². The minimum atomic E-state index is -1.62. The smallest absolute Gasteiger partial charge is 0.306 e. The third kappa shape index (κ3) is 68.3. The molecule has 496 valence electrons. The van der Waals surface area contributed by atoms with E-state index >= 15 is 0 Å². The van der Waals surface area contributed by atoms with Crippen LogP contribution in [0.15, 0.2) is 60.8 Å². The molecule has 0 radical (unpaired) electrons. The molecule has 0 bridgehead atoms. The maximum atomic E-state index is 12.9. The van der Waals surface area contributed by atoms with E-state index in [2.05, 4.69) is 74.6 Å². The zero-order valence-corrected chi connectivity index (χ0v) is 56.7. The lowest BCUT2D eigenvalue weighted by molar-refractivity contribution is -0.870. The fourth-order valence-corrected chi connectivity index (χ4v) is 10.7. The van der Waals surface area contributed by atoms with Gasteiger partial charge in [0, 0.05) is 12.8 Å².